The minimum atomic E-state index is 0.495. The number of hydrogen-bond acceptors (Lipinski definition) is 2. The van der Waals surface area contributed by atoms with E-state index in [-0.39, 0.29) is 0 Å². The summed E-state index contributed by atoms with van der Waals surface area (Å²) in [5, 5.41) is 3.67. The highest BCUT2D eigenvalue weighted by atomic mass is 16.5. The molecular weight excluding hydrogens is 210 g/mol. The second-order valence-corrected chi connectivity index (χ2v) is 6.62. The minimum Gasteiger partial charge on any atom is -0.381 e. The van der Waals surface area contributed by atoms with Crippen LogP contribution in [-0.4, -0.2) is 26.3 Å². The van der Waals surface area contributed by atoms with Gasteiger partial charge < -0.3 is 10.1 Å². The summed E-state index contributed by atoms with van der Waals surface area (Å²) in [6.45, 7) is 6.65. The maximum atomic E-state index is 5.77. The summed E-state index contributed by atoms with van der Waals surface area (Å²) in [5.41, 5.74) is 0.495. The second-order valence-electron chi connectivity index (χ2n) is 6.62. The minimum absolute atomic E-state index is 0.495. The molecule has 3 fully saturated rings. The molecule has 0 spiro atoms. The SMILES string of the molecule is CCCNCC1(C2CC3CCC2C3)CCOC1. The van der Waals surface area contributed by atoms with E-state index < -0.39 is 0 Å². The van der Waals surface area contributed by atoms with E-state index in [1.165, 1.54) is 51.6 Å². The summed E-state index contributed by atoms with van der Waals surface area (Å²) in [4.78, 5) is 0. The fourth-order valence-corrected chi connectivity index (χ4v) is 4.69. The van der Waals surface area contributed by atoms with Crippen LogP contribution in [0.1, 0.15) is 45.4 Å². The largest absolute Gasteiger partial charge is 0.381 e. The van der Waals surface area contributed by atoms with Gasteiger partial charge in [0.1, 0.15) is 0 Å². The first kappa shape index (κ1) is 12.0. The molecule has 0 aromatic carbocycles. The molecule has 2 nitrogen and oxygen atoms in total. The molecule has 2 bridgehead atoms. The smallest absolute Gasteiger partial charge is 0.0538 e. The van der Waals surface area contributed by atoms with Gasteiger partial charge in [-0.2, -0.15) is 0 Å². The van der Waals surface area contributed by atoms with E-state index in [1.807, 2.05) is 0 Å². The lowest BCUT2D eigenvalue weighted by molar-refractivity contribution is 0.0721. The molecule has 0 aromatic rings. The third-order valence-corrected chi connectivity index (χ3v) is 5.56. The molecule has 0 amide bonds. The van der Waals surface area contributed by atoms with Crippen LogP contribution in [0.5, 0.6) is 0 Å². The summed E-state index contributed by atoms with van der Waals surface area (Å²) in [6, 6.07) is 0. The summed E-state index contributed by atoms with van der Waals surface area (Å²) >= 11 is 0. The summed E-state index contributed by atoms with van der Waals surface area (Å²) < 4.78 is 5.77. The Morgan fingerprint density at radius 2 is 2.24 bits per heavy atom. The molecule has 3 aliphatic rings. The molecule has 2 heteroatoms. The van der Waals surface area contributed by atoms with Crippen LogP contribution < -0.4 is 5.32 Å². The highest BCUT2D eigenvalue weighted by Crippen LogP contribution is 2.56. The number of ether oxygens (including phenoxy) is 1. The van der Waals surface area contributed by atoms with E-state index in [4.69, 9.17) is 4.74 Å². The van der Waals surface area contributed by atoms with Crippen LogP contribution in [0.3, 0.4) is 0 Å². The second kappa shape index (κ2) is 4.89. The van der Waals surface area contributed by atoms with Gasteiger partial charge in [0.2, 0.25) is 0 Å². The van der Waals surface area contributed by atoms with Crippen LogP contribution in [0.15, 0.2) is 0 Å². The van der Waals surface area contributed by atoms with Crippen LogP contribution in [0.4, 0.5) is 0 Å². The fourth-order valence-electron chi connectivity index (χ4n) is 4.69. The number of hydrogen-bond donors (Lipinski definition) is 1. The quantitative estimate of drug-likeness (QED) is 0.742. The maximum Gasteiger partial charge on any atom is 0.0538 e. The van der Waals surface area contributed by atoms with Crippen molar-refractivity contribution in [2.75, 3.05) is 26.3 Å². The number of rotatable bonds is 5. The Bertz CT molecular complexity index is 260. The highest BCUT2D eigenvalue weighted by molar-refractivity contribution is 5.01. The van der Waals surface area contributed by atoms with Crippen LogP contribution in [0.25, 0.3) is 0 Å². The molecule has 2 saturated carbocycles. The predicted molar refractivity (Wildman–Crippen MR) is 70.0 cm³/mol. The fraction of sp³-hybridized carbons (Fsp3) is 1.00. The first-order valence-corrected chi connectivity index (χ1v) is 7.62. The van der Waals surface area contributed by atoms with E-state index in [0.29, 0.717) is 5.41 Å². The maximum absolute atomic E-state index is 5.77. The first-order valence-electron chi connectivity index (χ1n) is 7.62. The number of fused-ring (bicyclic) bond motifs is 2. The van der Waals surface area contributed by atoms with Gasteiger partial charge in [0, 0.05) is 18.6 Å². The van der Waals surface area contributed by atoms with Gasteiger partial charge in [0.15, 0.2) is 0 Å². The molecule has 1 heterocycles. The molecule has 3 rings (SSSR count). The lowest BCUT2D eigenvalue weighted by Crippen LogP contribution is -2.43. The van der Waals surface area contributed by atoms with E-state index in [9.17, 15) is 0 Å². The van der Waals surface area contributed by atoms with Crippen molar-refractivity contribution >= 4 is 0 Å². The van der Waals surface area contributed by atoms with E-state index in [2.05, 4.69) is 12.2 Å². The van der Waals surface area contributed by atoms with Crippen LogP contribution in [-0.2, 0) is 4.74 Å². The Morgan fingerprint density at radius 1 is 1.29 bits per heavy atom. The van der Waals surface area contributed by atoms with Gasteiger partial charge in [0.25, 0.3) is 0 Å². The number of nitrogens with one attached hydrogen (secondary N) is 1. The van der Waals surface area contributed by atoms with Crippen LogP contribution >= 0.6 is 0 Å². The Labute approximate surface area is 105 Å². The average Bonchev–Trinajstić information content (AvgIpc) is 3.05. The van der Waals surface area contributed by atoms with Crippen molar-refractivity contribution < 1.29 is 4.74 Å². The Hall–Kier alpha value is -0.0800. The van der Waals surface area contributed by atoms with Gasteiger partial charge in [-0.15, -0.1) is 0 Å². The zero-order valence-electron chi connectivity index (χ0n) is 11.2. The summed E-state index contributed by atoms with van der Waals surface area (Å²) in [7, 11) is 0. The Kier molecular flexibility index (Phi) is 3.45. The topological polar surface area (TPSA) is 21.3 Å². The van der Waals surface area contributed by atoms with Crippen molar-refractivity contribution in [3.8, 4) is 0 Å². The normalized spacial score (nSPS) is 44.6. The van der Waals surface area contributed by atoms with Crippen molar-refractivity contribution in [3.63, 3.8) is 0 Å². The summed E-state index contributed by atoms with van der Waals surface area (Å²) in [6.07, 6.45) is 8.60. The Balaban J connectivity index is 1.66. The van der Waals surface area contributed by atoms with Gasteiger partial charge in [-0.25, -0.2) is 0 Å². The van der Waals surface area contributed by atoms with Crippen molar-refractivity contribution in [2.45, 2.75) is 45.4 Å². The zero-order valence-corrected chi connectivity index (χ0v) is 11.2. The third kappa shape index (κ3) is 2.15. The molecule has 0 radical (unpaired) electrons. The molecular formula is C15H27NO. The summed E-state index contributed by atoms with van der Waals surface area (Å²) in [5.74, 6) is 3.06. The molecule has 2 aliphatic carbocycles. The van der Waals surface area contributed by atoms with Crippen molar-refractivity contribution in [1.82, 2.24) is 5.32 Å². The van der Waals surface area contributed by atoms with Gasteiger partial charge >= 0.3 is 0 Å². The molecule has 1 N–H and O–H groups in total. The lowest BCUT2D eigenvalue weighted by Gasteiger charge is -2.39. The average molecular weight is 237 g/mol. The van der Waals surface area contributed by atoms with E-state index in [0.717, 1.165) is 31.0 Å². The van der Waals surface area contributed by atoms with Crippen LogP contribution in [0.2, 0.25) is 0 Å². The standard InChI is InChI=1S/C15H27NO/c1-2-6-16-10-15(5-7-17-11-15)14-9-12-3-4-13(14)8-12/h12-14,16H,2-11H2,1H3. The predicted octanol–water partition coefficient (Wildman–Crippen LogP) is 2.83. The molecule has 1 saturated heterocycles. The molecule has 1 aliphatic heterocycles. The molecule has 4 atom stereocenters. The van der Waals surface area contributed by atoms with Gasteiger partial charge in [0.05, 0.1) is 6.61 Å². The van der Waals surface area contributed by atoms with Gasteiger partial charge in [-0.05, 0) is 56.4 Å². The molecule has 17 heavy (non-hydrogen) atoms. The van der Waals surface area contributed by atoms with Crippen LogP contribution in [0, 0.1) is 23.2 Å². The highest BCUT2D eigenvalue weighted by Gasteiger charge is 2.51. The first-order chi connectivity index (χ1) is 8.34. The van der Waals surface area contributed by atoms with Crippen molar-refractivity contribution in [3.05, 3.63) is 0 Å². The van der Waals surface area contributed by atoms with Crippen molar-refractivity contribution in [1.29, 1.82) is 0 Å². The van der Waals surface area contributed by atoms with Crippen molar-refractivity contribution in [2.24, 2.45) is 23.2 Å². The zero-order chi connectivity index (χ0) is 11.7. The molecule has 98 valence electrons. The van der Waals surface area contributed by atoms with E-state index in [1.54, 1.807) is 0 Å². The van der Waals surface area contributed by atoms with E-state index >= 15 is 0 Å². The third-order valence-electron chi connectivity index (χ3n) is 5.56. The van der Waals surface area contributed by atoms with Gasteiger partial charge in [-0.3, -0.25) is 0 Å². The molecule has 0 aromatic heterocycles. The monoisotopic (exact) mass is 237 g/mol. The lowest BCUT2D eigenvalue weighted by atomic mass is 9.67. The van der Waals surface area contributed by atoms with Gasteiger partial charge in [-0.1, -0.05) is 13.3 Å². The molecule has 4 unspecified atom stereocenters. The Morgan fingerprint density at radius 3 is 2.82 bits per heavy atom.